The molecule has 0 saturated heterocycles. The third-order valence-corrected chi connectivity index (χ3v) is 4.32. The van der Waals surface area contributed by atoms with E-state index in [2.05, 4.69) is 16.1 Å². The number of rotatable bonds is 5. The normalized spacial score (nSPS) is 16.5. The van der Waals surface area contributed by atoms with Crippen LogP contribution in [-0.2, 0) is 11.2 Å². The fourth-order valence-electron chi connectivity index (χ4n) is 3.09. The Morgan fingerprint density at radius 1 is 1.24 bits per heavy atom. The number of hydrogen-bond donors (Lipinski definition) is 1. The van der Waals surface area contributed by atoms with Crippen LogP contribution in [0.5, 0.6) is 5.75 Å². The van der Waals surface area contributed by atoms with Gasteiger partial charge in [-0.15, -0.1) is 0 Å². The van der Waals surface area contributed by atoms with Gasteiger partial charge in [0.1, 0.15) is 5.75 Å². The van der Waals surface area contributed by atoms with Crippen LogP contribution in [0.3, 0.4) is 0 Å². The van der Waals surface area contributed by atoms with Crippen molar-refractivity contribution in [2.75, 3.05) is 16.8 Å². The van der Waals surface area contributed by atoms with Crippen LogP contribution in [0.2, 0.25) is 0 Å². The van der Waals surface area contributed by atoms with E-state index in [9.17, 15) is 13.6 Å². The summed E-state index contributed by atoms with van der Waals surface area (Å²) in [5, 5.41) is 3.04. The molecule has 0 radical (unpaired) electrons. The number of halogens is 2. The molecular formula is C19H20F2N2O2. The van der Waals surface area contributed by atoms with Crippen LogP contribution in [0.4, 0.5) is 20.2 Å². The first-order chi connectivity index (χ1) is 12.0. The molecule has 6 heteroatoms. The third-order valence-electron chi connectivity index (χ3n) is 4.32. The number of amides is 1. The van der Waals surface area contributed by atoms with Crippen molar-refractivity contribution in [1.29, 1.82) is 0 Å². The van der Waals surface area contributed by atoms with Crippen LogP contribution in [0.1, 0.15) is 18.9 Å². The summed E-state index contributed by atoms with van der Waals surface area (Å²) in [6.45, 7) is -0.668. The fraction of sp³-hybridized carbons (Fsp3) is 0.316. The first-order valence-corrected chi connectivity index (χ1v) is 8.23. The maximum Gasteiger partial charge on any atom is 0.387 e. The van der Waals surface area contributed by atoms with Crippen LogP contribution in [0.25, 0.3) is 0 Å². The highest BCUT2D eigenvalue weighted by Gasteiger charge is 2.27. The Hall–Kier alpha value is -2.63. The number of carbonyl (C=O) groups is 1. The molecule has 25 heavy (non-hydrogen) atoms. The highest BCUT2D eigenvalue weighted by Crippen LogP contribution is 2.30. The van der Waals surface area contributed by atoms with Gasteiger partial charge in [0.05, 0.1) is 6.54 Å². The minimum absolute atomic E-state index is 0.0208. The average Bonchev–Trinajstić information content (AvgIpc) is 2.60. The van der Waals surface area contributed by atoms with E-state index in [0.29, 0.717) is 5.69 Å². The number of nitrogens with one attached hydrogen (secondary N) is 1. The summed E-state index contributed by atoms with van der Waals surface area (Å²) < 4.78 is 28.6. The molecule has 0 unspecified atom stereocenters. The van der Waals surface area contributed by atoms with Crippen LogP contribution >= 0.6 is 0 Å². The molecule has 3 rings (SSSR count). The van der Waals surface area contributed by atoms with Crippen molar-refractivity contribution >= 4 is 17.3 Å². The van der Waals surface area contributed by atoms with Crippen molar-refractivity contribution in [2.45, 2.75) is 32.4 Å². The lowest BCUT2D eigenvalue weighted by Crippen LogP contribution is -2.44. The highest BCUT2D eigenvalue weighted by molar-refractivity contribution is 5.97. The van der Waals surface area contributed by atoms with Crippen molar-refractivity contribution in [3.8, 4) is 5.75 Å². The van der Waals surface area contributed by atoms with Gasteiger partial charge in [0.25, 0.3) is 0 Å². The van der Waals surface area contributed by atoms with E-state index in [4.69, 9.17) is 0 Å². The van der Waals surface area contributed by atoms with Gasteiger partial charge in [-0.2, -0.15) is 8.78 Å². The third kappa shape index (κ3) is 4.07. The number of carbonyl (C=O) groups excluding carboxylic acids is 1. The largest absolute Gasteiger partial charge is 0.435 e. The molecule has 0 saturated carbocycles. The van der Waals surface area contributed by atoms with Crippen LogP contribution in [0.15, 0.2) is 48.5 Å². The van der Waals surface area contributed by atoms with Crippen LogP contribution in [-0.4, -0.2) is 25.1 Å². The van der Waals surface area contributed by atoms with E-state index < -0.39 is 6.61 Å². The van der Waals surface area contributed by atoms with Crippen molar-refractivity contribution in [3.05, 3.63) is 54.1 Å². The van der Waals surface area contributed by atoms with E-state index >= 15 is 0 Å². The second kappa shape index (κ2) is 7.51. The summed E-state index contributed by atoms with van der Waals surface area (Å²) in [6.07, 6.45) is 1.91. The molecule has 1 N–H and O–H groups in total. The topological polar surface area (TPSA) is 41.6 Å². The quantitative estimate of drug-likeness (QED) is 0.887. The molecule has 0 fully saturated rings. The van der Waals surface area contributed by atoms with Gasteiger partial charge < -0.3 is 15.0 Å². The summed E-state index contributed by atoms with van der Waals surface area (Å²) in [5.74, 6) is 0.0676. The predicted molar refractivity (Wildman–Crippen MR) is 93.3 cm³/mol. The van der Waals surface area contributed by atoms with E-state index in [0.717, 1.165) is 18.5 Å². The number of para-hydroxylation sites is 1. The zero-order valence-electron chi connectivity index (χ0n) is 13.9. The van der Waals surface area contributed by atoms with Gasteiger partial charge >= 0.3 is 6.61 Å². The predicted octanol–water partition coefficient (Wildman–Crippen LogP) is 4.07. The minimum Gasteiger partial charge on any atom is -0.435 e. The number of hydrogen-bond acceptors (Lipinski definition) is 3. The summed E-state index contributed by atoms with van der Waals surface area (Å²) >= 11 is 0. The Balaban J connectivity index is 1.64. The lowest BCUT2D eigenvalue weighted by Gasteiger charge is -2.35. The Kier molecular flexibility index (Phi) is 5.16. The second-order valence-electron chi connectivity index (χ2n) is 6.04. The highest BCUT2D eigenvalue weighted by atomic mass is 19.3. The van der Waals surface area contributed by atoms with Crippen molar-refractivity contribution in [2.24, 2.45) is 0 Å². The van der Waals surface area contributed by atoms with Crippen molar-refractivity contribution in [3.63, 3.8) is 0 Å². The molecule has 1 atom stereocenters. The number of nitrogens with zero attached hydrogens (tertiary/aromatic N) is 1. The van der Waals surface area contributed by atoms with Crippen molar-refractivity contribution < 1.29 is 18.3 Å². The monoisotopic (exact) mass is 346 g/mol. The fourth-order valence-corrected chi connectivity index (χ4v) is 3.09. The average molecular weight is 346 g/mol. The van der Waals surface area contributed by atoms with Gasteiger partial charge in [-0.3, -0.25) is 4.79 Å². The first-order valence-electron chi connectivity index (χ1n) is 8.23. The van der Waals surface area contributed by atoms with Gasteiger partial charge in [-0.1, -0.05) is 18.2 Å². The molecule has 2 aromatic rings. The Labute approximate surface area is 145 Å². The first kappa shape index (κ1) is 17.2. The molecule has 132 valence electrons. The Bertz CT molecular complexity index is 734. The molecule has 1 aliphatic heterocycles. The van der Waals surface area contributed by atoms with E-state index in [1.807, 2.05) is 30.0 Å². The lowest BCUT2D eigenvalue weighted by atomic mass is 9.96. The van der Waals surface area contributed by atoms with E-state index in [-0.39, 0.29) is 24.2 Å². The summed E-state index contributed by atoms with van der Waals surface area (Å²) in [6, 6.07) is 14.2. The van der Waals surface area contributed by atoms with Gasteiger partial charge in [0.2, 0.25) is 5.91 Å². The van der Waals surface area contributed by atoms with E-state index in [1.54, 1.807) is 12.1 Å². The second-order valence-corrected chi connectivity index (χ2v) is 6.04. The van der Waals surface area contributed by atoms with Gasteiger partial charge in [0.15, 0.2) is 0 Å². The molecule has 2 aromatic carbocycles. The zero-order valence-corrected chi connectivity index (χ0v) is 13.9. The number of ether oxygens (including phenoxy) is 1. The smallest absolute Gasteiger partial charge is 0.387 e. The Morgan fingerprint density at radius 2 is 1.96 bits per heavy atom. The van der Waals surface area contributed by atoms with Gasteiger partial charge in [-0.05, 0) is 55.7 Å². The molecule has 0 bridgehead atoms. The number of anilines is 2. The summed E-state index contributed by atoms with van der Waals surface area (Å²) in [4.78, 5) is 14.5. The zero-order chi connectivity index (χ0) is 17.8. The SMILES string of the molecule is C[C@@H]1CCc2ccccc2N1C(=O)CNc1ccc(OC(F)F)cc1. The van der Waals surface area contributed by atoms with Gasteiger partial charge in [-0.25, -0.2) is 0 Å². The molecule has 1 aliphatic rings. The standard InChI is InChI=1S/C19H20F2N2O2/c1-13-6-7-14-4-2-3-5-17(14)23(13)18(24)12-22-15-8-10-16(11-9-15)25-19(20)21/h2-5,8-11,13,19,22H,6-7,12H2,1H3/t13-/m1/s1. The van der Waals surface area contributed by atoms with Gasteiger partial charge in [0, 0.05) is 17.4 Å². The summed E-state index contributed by atoms with van der Waals surface area (Å²) in [5.41, 5.74) is 2.82. The molecule has 0 spiro atoms. The maximum atomic E-state index is 12.7. The molecule has 0 aromatic heterocycles. The van der Waals surface area contributed by atoms with Crippen LogP contribution < -0.4 is 15.0 Å². The maximum absolute atomic E-state index is 12.7. The Morgan fingerprint density at radius 3 is 2.68 bits per heavy atom. The van der Waals surface area contributed by atoms with Crippen molar-refractivity contribution in [1.82, 2.24) is 0 Å². The molecule has 1 amide bonds. The number of benzene rings is 2. The molecule has 4 nitrogen and oxygen atoms in total. The summed E-state index contributed by atoms with van der Waals surface area (Å²) in [7, 11) is 0. The lowest BCUT2D eigenvalue weighted by molar-refractivity contribution is -0.117. The molecule has 0 aliphatic carbocycles. The molecular weight excluding hydrogens is 326 g/mol. The number of aryl methyl sites for hydroxylation is 1. The van der Waals surface area contributed by atoms with E-state index in [1.165, 1.54) is 17.7 Å². The number of alkyl halides is 2. The van der Waals surface area contributed by atoms with Crippen LogP contribution in [0, 0.1) is 0 Å². The number of fused-ring (bicyclic) bond motifs is 1. The minimum atomic E-state index is -2.85. The molecule has 1 heterocycles.